The molecule has 9 atom stereocenters. The van der Waals surface area contributed by atoms with E-state index in [1.807, 2.05) is 56.3 Å². The Bertz CT molecular complexity index is 1620. The molecule has 2 saturated heterocycles. The molecule has 1 unspecified atom stereocenters. The highest BCUT2D eigenvalue weighted by Crippen LogP contribution is 2.74. The molecule has 2 aromatic rings. The molecule has 0 spiro atoms. The first kappa shape index (κ1) is 29.7. The molecular formula is C36H38O9. The van der Waals surface area contributed by atoms with Gasteiger partial charge in [-0.15, -0.1) is 0 Å². The summed E-state index contributed by atoms with van der Waals surface area (Å²) in [6.45, 7) is 6.14. The molecule has 0 radical (unpaired) electrons. The molecule has 4 heterocycles. The molecule has 4 fully saturated rings. The molecule has 1 aromatic heterocycles. The first-order valence-electron chi connectivity index (χ1n) is 15.5. The van der Waals surface area contributed by atoms with Crippen LogP contribution >= 0.6 is 0 Å². The molecule has 3 aliphatic carbocycles. The lowest BCUT2D eigenvalue weighted by molar-refractivity contribution is -0.426. The number of carbonyl (C=O) groups is 3. The maximum absolute atomic E-state index is 13.4. The third-order valence-electron chi connectivity index (χ3n) is 11.6. The Morgan fingerprint density at radius 3 is 2.62 bits per heavy atom. The van der Waals surface area contributed by atoms with Crippen molar-refractivity contribution in [1.82, 2.24) is 0 Å². The molecule has 4 bridgehead atoms. The second-order valence-corrected chi connectivity index (χ2v) is 13.8. The van der Waals surface area contributed by atoms with Crippen LogP contribution in [-0.2, 0) is 33.3 Å². The van der Waals surface area contributed by atoms with Crippen LogP contribution in [0.4, 0.5) is 0 Å². The zero-order valence-electron chi connectivity index (χ0n) is 25.9. The van der Waals surface area contributed by atoms with Crippen molar-refractivity contribution in [3.63, 3.8) is 0 Å². The normalized spacial score (nSPS) is 39.7. The van der Waals surface area contributed by atoms with Crippen molar-refractivity contribution < 1.29 is 42.9 Å². The number of carbonyl (C=O) groups excluding carboxylic acids is 3. The molecule has 9 nitrogen and oxygen atoms in total. The summed E-state index contributed by atoms with van der Waals surface area (Å²) < 4.78 is 29.0. The topological polar surface area (TPSA) is 122 Å². The Kier molecular flexibility index (Phi) is 6.80. The number of fused-ring (bicyclic) bond motifs is 4. The summed E-state index contributed by atoms with van der Waals surface area (Å²) >= 11 is 0. The van der Waals surface area contributed by atoms with Crippen molar-refractivity contribution in [1.29, 1.82) is 0 Å². The Morgan fingerprint density at radius 2 is 1.91 bits per heavy atom. The van der Waals surface area contributed by atoms with Crippen LogP contribution < -0.4 is 0 Å². The van der Waals surface area contributed by atoms with Crippen LogP contribution in [0.5, 0.6) is 0 Å². The number of methoxy groups -OCH3 is 1. The maximum Gasteiger partial charge on any atom is 0.331 e. The largest absolute Gasteiger partial charge is 0.472 e. The van der Waals surface area contributed by atoms with Crippen LogP contribution in [0.3, 0.4) is 0 Å². The van der Waals surface area contributed by atoms with E-state index in [0.717, 1.165) is 22.3 Å². The predicted octanol–water partition coefficient (Wildman–Crippen LogP) is 5.33. The number of ether oxygens (including phenoxy) is 4. The van der Waals surface area contributed by atoms with Crippen LogP contribution in [-0.4, -0.2) is 48.6 Å². The highest BCUT2D eigenvalue weighted by atomic mass is 16.6. The molecule has 0 amide bonds. The van der Waals surface area contributed by atoms with Crippen molar-refractivity contribution in [2.45, 2.75) is 58.0 Å². The summed E-state index contributed by atoms with van der Waals surface area (Å²) in [5, 5.41) is 12.6. The van der Waals surface area contributed by atoms with Crippen LogP contribution in [0.25, 0.3) is 6.08 Å². The molecule has 6 aliphatic rings. The number of cyclic esters (lactones) is 1. The zero-order valence-corrected chi connectivity index (χ0v) is 25.9. The first-order valence-corrected chi connectivity index (χ1v) is 15.5. The molecule has 8 rings (SSSR count). The third kappa shape index (κ3) is 4.16. The molecule has 9 heteroatoms. The van der Waals surface area contributed by atoms with E-state index >= 15 is 0 Å². The minimum Gasteiger partial charge on any atom is -0.472 e. The molecule has 45 heavy (non-hydrogen) atoms. The Labute approximate surface area is 261 Å². The minimum absolute atomic E-state index is 0.00950. The predicted molar refractivity (Wildman–Crippen MR) is 161 cm³/mol. The van der Waals surface area contributed by atoms with E-state index in [0.29, 0.717) is 12.8 Å². The fourth-order valence-electron chi connectivity index (χ4n) is 9.35. The summed E-state index contributed by atoms with van der Waals surface area (Å²) in [7, 11) is 1.35. The van der Waals surface area contributed by atoms with E-state index in [4.69, 9.17) is 23.4 Å². The molecule has 1 aromatic carbocycles. The highest BCUT2D eigenvalue weighted by Gasteiger charge is 2.78. The number of hydrogen-bond donors (Lipinski definition) is 1. The summed E-state index contributed by atoms with van der Waals surface area (Å²) in [6.07, 6.45) is 9.69. The van der Waals surface area contributed by atoms with Crippen LogP contribution in [0.1, 0.15) is 57.3 Å². The number of rotatable bonds is 6. The van der Waals surface area contributed by atoms with E-state index in [1.54, 1.807) is 24.7 Å². The Morgan fingerprint density at radius 1 is 1.13 bits per heavy atom. The van der Waals surface area contributed by atoms with Gasteiger partial charge in [0.05, 0.1) is 32.2 Å². The smallest absolute Gasteiger partial charge is 0.331 e. The maximum atomic E-state index is 13.4. The van der Waals surface area contributed by atoms with Gasteiger partial charge in [-0.3, -0.25) is 4.79 Å². The molecular weight excluding hydrogens is 576 g/mol. The summed E-state index contributed by atoms with van der Waals surface area (Å²) in [5.41, 5.74) is 0.972. The standard InChI is InChI=1S/C36H38O9/c1-33-14-12-24-23(25(33)17-30(39)45-31(33)22-13-15-42-19-22)16-26-32(44-28(37)11-10-21-8-6-5-7-9-21)34(2)20-43-36(26,40)35(24,3)27(34)18-29(38)41-4/h5-11,13,15-17,19,24,26-27,31-32,40H,12,14,18,20H2,1-4H3/b11-10+/t24-,26-,27-,31-,32+,33+,34-,35+,36?/m0/s1. The van der Waals surface area contributed by atoms with Gasteiger partial charge in [-0.2, -0.15) is 0 Å². The first-order chi connectivity index (χ1) is 21.5. The average molecular weight is 615 g/mol. The number of hydrogen-bond acceptors (Lipinski definition) is 9. The zero-order chi connectivity index (χ0) is 31.8. The Balaban J connectivity index is 1.35. The monoisotopic (exact) mass is 614 g/mol. The van der Waals surface area contributed by atoms with Crippen molar-refractivity contribution in [3.05, 3.63) is 89.4 Å². The lowest BCUT2D eigenvalue weighted by atomic mass is 9.38. The minimum atomic E-state index is -1.74. The van der Waals surface area contributed by atoms with Gasteiger partial charge in [-0.25, -0.2) is 9.59 Å². The van der Waals surface area contributed by atoms with Gasteiger partial charge in [0.25, 0.3) is 0 Å². The molecule has 236 valence electrons. The molecule has 3 aliphatic heterocycles. The van der Waals surface area contributed by atoms with Crippen molar-refractivity contribution in [2.75, 3.05) is 13.7 Å². The lowest BCUT2D eigenvalue weighted by Crippen LogP contribution is -2.79. The fraction of sp³-hybridized carbons (Fsp3) is 0.472. The van der Waals surface area contributed by atoms with Crippen molar-refractivity contribution >= 4 is 24.0 Å². The molecule has 2 saturated carbocycles. The lowest BCUT2D eigenvalue weighted by Gasteiger charge is -2.73. The van der Waals surface area contributed by atoms with Crippen molar-refractivity contribution in [2.24, 2.45) is 34.0 Å². The number of aliphatic hydroxyl groups is 1. The number of furan rings is 1. The second-order valence-electron chi connectivity index (χ2n) is 13.8. The van der Waals surface area contributed by atoms with E-state index in [9.17, 15) is 19.5 Å². The fourth-order valence-corrected chi connectivity index (χ4v) is 9.35. The quantitative estimate of drug-likeness (QED) is 0.262. The number of benzene rings is 1. The summed E-state index contributed by atoms with van der Waals surface area (Å²) in [6, 6.07) is 11.2. The van der Waals surface area contributed by atoms with Gasteiger partial charge in [0.1, 0.15) is 12.2 Å². The van der Waals surface area contributed by atoms with Gasteiger partial charge >= 0.3 is 17.9 Å². The number of esters is 3. The number of allylic oxidation sites excluding steroid dienone is 1. The van der Waals surface area contributed by atoms with Crippen LogP contribution in [0.2, 0.25) is 0 Å². The van der Waals surface area contributed by atoms with Gasteiger partial charge in [-0.1, -0.05) is 57.2 Å². The second kappa shape index (κ2) is 10.3. The average Bonchev–Trinajstić information content (AvgIpc) is 3.56. The van der Waals surface area contributed by atoms with Crippen molar-refractivity contribution in [3.8, 4) is 0 Å². The highest BCUT2D eigenvalue weighted by molar-refractivity contribution is 5.87. The van der Waals surface area contributed by atoms with Crippen LogP contribution in [0, 0.1) is 34.0 Å². The van der Waals surface area contributed by atoms with Gasteiger partial charge in [0, 0.05) is 40.4 Å². The van der Waals surface area contributed by atoms with Gasteiger partial charge < -0.3 is 28.5 Å². The molecule has 1 N–H and O–H groups in total. The van der Waals surface area contributed by atoms with E-state index in [1.165, 1.54) is 13.2 Å². The van der Waals surface area contributed by atoms with Gasteiger partial charge in [0.2, 0.25) is 0 Å². The van der Waals surface area contributed by atoms with Crippen LogP contribution in [0.15, 0.2) is 82.7 Å². The third-order valence-corrected chi connectivity index (χ3v) is 11.6. The summed E-state index contributed by atoms with van der Waals surface area (Å²) in [5.74, 6) is -4.65. The van der Waals surface area contributed by atoms with E-state index < -0.39 is 64.0 Å². The van der Waals surface area contributed by atoms with E-state index in [2.05, 4.69) is 6.92 Å². The van der Waals surface area contributed by atoms with Gasteiger partial charge in [-0.05, 0) is 53.5 Å². The SMILES string of the molecule is COC(=O)C[C@H]1[C@]2(C)COC3(O)[C@@H](C=C4C5=CC(=O)O[C@@H](c6ccoc6)[C@]5(C)CC[C@@H]4[C@]13C)[C@H]2OC(=O)/C=C/c1ccccc1. The Hall–Kier alpha value is -3.95. The van der Waals surface area contributed by atoms with E-state index in [-0.39, 0.29) is 18.9 Å². The summed E-state index contributed by atoms with van der Waals surface area (Å²) in [4.78, 5) is 39.5. The van der Waals surface area contributed by atoms with Gasteiger partial charge in [0.15, 0.2) is 5.79 Å².